The van der Waals surface area contributed by atoms with Gasteiger partial charge in [0.25, 0.3) is 0 Å². The highest BCUT2D eigenvalue weighted by Gasteiger charge is 2.01. The van der Waals surface area contributed by atoms with E-state index in [1.807, 2.05) is 6.92 Å². The van der Waals surface area contributed by atoms with Crippen LogP contribution in [0.4, 0.5) is 0 Å². The Balaban J connectivity index is 1.51. The lowest BCUT2D eigenvalue weighted by Crippen LogP contribution is -2.04. The number of aryl methyl sites for hydroxylation is 1. The van der Waals surface area contributed by atoms with Crippen LogP contribution in [0.3, 0.4) is 0 Å². The summed E-state index contributed by atoms with van der Waals surface area (Å²) in [5.74, 6) is 0.984. The predicted octanol–water partition coefficient (Wildman–Crippen LogP) is 9.81. The minimum Gasteiger partial charge on any atom is -0.494 e. The fourth-order valence-electron chi connectivity index (χ4n) is 4.64. The molecule has 0 saturated carbocycles. The lowest BCUT2D eigenvalue weighted by atomic mass is 10.0. The molecule has 0 atom stereocenters. The van der Waals surface area contributed by atoms with Gasteiger partial charge in [0.1, 0.15) is 5.75 Å². The van der Waals surface area contributed by atoms with E-state index in [-0.39, 0.29) is 0 Å². The molecule has 0 bridgehead atoms. The van der Waals surface area contributed by atoms with Crippen molar-refractivity contribution in [3.8, 4) is 16.9 Å². The Morgan fingerprint density at radius 1 is 0.459 bits per heavy atom. The first-order valence-corrected chi connectivity index (χ1v) is 15.3. The number of unbranched alkanes of at least 4 members (excludes halogenated alkanes) is 12. The molecule has 0 amide bonds. The van der Waals surface area contributed by atoms with Gasteiger partial charge in [-0.2, -0.15) is 0 Å². The Labute approximate surface area is 228 Å². The lowest BCUT2D eigenvalue weighted by molar-refractivity contribution is 0.0512. The van der Waals surface area contributed by atoms with E-state index < -0.39 is 0 Å². The first-order valence-electron chi connectivity index (χ1n) is 15.3. The average Bonchev–Trinajstić information content (AvgIpc) is 2.93. The molecule has 0 fully saturated rings. The second-order valence-electron chi connectivity index (χ2n) is 10.2. The van der Waals surface area contributed by atoms with Crippen molar-refractivity contribution in [2.45, 2.75) is 110 Å². The SMILES string of the molecule is CCCCCCCCCCOc1ccc(-c2ccc(CCCCCCCCOCCOCC)cc2)cc1. The summed E-state index contributed by atoms with van der Waals surface area (Å²) in [7, 11) is 0. The molecule has 0 aromatic heterocycles. The molecule has 208 valence electrons. The maximum Gasteiger partial charge on any atom is 0.119 e. The maximum absolute atomic E-state index is 5.96. The summed E-state index contributed by atoms with van der Waals surface area (Å²) in [6.07, 6.45) is 19.5. The van der Waals surface area contributed by atoms with E-state index in [0.717, 1.165) is 45.2 Å². The first-order chi connectivity index (χ1) is 18.3. The number of ether oxygens (including phenoxy) is 3. The van der Waals surface area contributed by atoms with Gasteiger partial charge in [0, 0.05) is 13.2 Å². The molecule has 2 aromatic rings. The van der Waals surface area contributed by atoms with Crippen molar-refractivity contribution in [3.63, 3.8) is 0 Å². The summed E-state index contributed by atoms with van der Waals surface area (Å²) >= 11 is 0. The van der Waals surface area contributed by atoms with Crippen molar-refractivity contribution in [2.75, 3.05) is 33.0 Å². The van der Waals surface area contributed by atoms with Crippen molar-refractivity contribution < 1.29 is 14.2 Å². The van der Waals surface area contributed by atoms with Gasteiger partial charge in [-0.25, -0.2) is 0 Å². The minimum atomic E-state index is 0.720. The van der Waals surface area contributed by atoms with Crippen LogP contribution in [0.1, 0.15) is 109 Å². The molecule has 0 spiro atoms. The predicted molar refractivity (Wildman–Crippen MR) is 159 cm³/mol. The van der Waals surface area contributed by atoms with Crippen LogP contribution in [0, 0.1) is 0 Å². The second-order valence-corrected chi connectivity index (χ2v) is 10.2. The standard InChI is InChI=1S/C34H54O3/c1-3-5-6-7-8-10-14-17-28-37-34-25-23-33(24-26-34)32-21-19-31(20-22-32)18-15-12-9-11-13-16-27-36-30-29-35-4-2/h19-26H,3-18,27-30H2,1-2H3. The van der Waals surface area contributed by atoms with Crippen LogP contribution in [-0.2, 0) is 15.9 Å². The van der Waals surface area contributed by atoms with Gasteiger partial charge in [0.05, 0.1) is 19.8 Å². The van der Waals surface area contributed by atoms with Gasteiger partial charge < -0.3 is 14.2 Å². The third-order valence-electron chi connectivity index (χ3n) is 6.99. The zero-order valence-electron chi connectivity index (χ0n) is 24.0. The molecule has 37 heavy (non-hydrogen) atoms. The molecule has 0 unspecified atom stereocenters. The molecule has 0 aliphatic rings. The Morgan fingerprint density at radius 2 is 0.973 bits per heavy atom. The molecular weight excluding hydrogens is 456 g/mol. The zero-order valence-corrected chi connectivity index (χ0v) is 24.0. The van der Waals surface area contributed by atoms with Crippen molar-refractivity contribution >= 4 is 0 Å². The van der Waals surface area contributed by atoms with E-state index in [2.05, 4.69) is 55.5 Å². The summed E-state index contributed by atoms with van der Waals surface area (Å²) in [4.78, 5) is 0. The van der Waals surface area contributed by atoms with Gasteiger partial charge in [-0.3, -0.25) is 0 Å². The second kappa shape index (κ2) is 22.2. The first kappa shape index (κ1) is 31.4. The topological polar surface area (TPSA) is 27.7 Å². The van der Waals surface area contributed by atoms with Crippen LogP contribution in [0.5, 0.6) is 5.75 Å². The van der Waals surface area contributed by atoms with Crippen LogP contribution < -0.4 is 4.74 Å². The summed E-state index contributed by atoms with van der Waals surface area (Å²) < 4.78 is 16.8. The summed E-state index contributed by atoms with van der Waals surface area (Å²) in [6, 6.07) is 17.7. The summed E-state index contributed by atoms with van der Waals surface area (Å²) in [6.45, 7) is 8.21. The van der Waals surface area contributed by atoms with Gasteiger partial charge in [-0.15, -0.1) is 0 Å². The molecule has 0 heterocycles. The summed E-state index contributed by atoms with van der Waals surface area (Å²) in [5, 5.41) is 0. The molecule has 3 nitrogen and oxygen atoms in total. The highest BCUT2D eigenvalue weighted by Crippen LogP contribution is 2.23. The molecule has 0 saturated heterocycles. The van der Waals surface area contributed by atoms with E-state index >= 15 is 0 Å². The number of hydrogen-bond donors (Lipinski definition) is 0. The Bertz CT molecular complexity index is 754. The highest BCUT2D eigenvalue weighted by molar-refractivity contribution is 5.64. The molecule has 2 rings (SSSR count). The molecule has 0 radical (unpaired) electrons. The van der Waals surface area contributed by atoms with Crippen LogP contribution >= 0.6 is 0 Å². The minimum absolute atomic E-state index is 0.720. The van der Waals surface area contributed by atoms with Gasteiger partial charge >= 0.3 is 0 Å². The maximum atomic E-state index is 5.96. The van der Waals surface area contributed by atoms with Crippen molar-refractivity contribution in [3.05, 3.63) is 54.1 Å². The Hall–Kier alpha value is -1.84. The van der Waals surface area contributed by atoms with Crippen LogP contribution in [0.2, 0.25) is 0 Å². The molecule has 0 N–H and O–H groups in total. The van der Waals surface area contributed by atoms with Crippen molar-refractivity contribution in [1.29, 1.82) is 0 Å². The van der Waals surface area contributed by atoms with Crippen LogP contribution in [-0.4, -0.2) is 33.0 Å². The highest BCUT2D eigenvalue weighted by atomic mass is 16.5. The van der Waals surface area contributed by atoms with Gasteiger partial charge in [-0.1, -0.05) is 114 Å². The van der Waals surface area contributed by atoms with Crippen LogP contribution in [0.25, 0.3) is 11.1 Å². The molecule has 0 aliphatic carbocycles. The van der Waals surface area contributed by atoms with E-state index in [0.29, 0.717) is 0 Å². The monoisotopic (exact) mass is 510 g/mol. The normalized spacial score (nSPS) is 11.2. The average molecular weight is 511 g/mol. The molecule has 3 heteroatoms. The van der Waals surface area contributed by atoms with Gasteiger partial charge in [0.2, 0.25) is 0 Å². The fraction of sp³-hybridized carbons (Fsp3) is 0.647. The Morgan fingerprint density at radius 3 is 1.59 bits per heavy atom. The van der Waals surface area contributed by atoms with Crippen molar-refractivity contribution in [2.24, 2.45) is 0 Å². The number of hydrogen-bond acceptors (Lipinski definition) is 3. The van der Waals surface area contributed by atoms with Gasteiger partial charge in [-0.05, 0) is 61.4 Å². The summed E-state index contributed by atoms with van der Waals surface area (Å²) in [5.41, 5.74) is 3.98. The molecular formula is C34H54O3. The molecule has 0 aliphatic heterocycles. The number of rotatable bonds is 24. The zero-order chi connectivity index (χ0) is 26.2. The fourth-order valence-corrected chi connectivity index (χ4v) is 4.64. The van der Waals surface area contributed by atoms with Gasteiger partial charge in [0.15, 0.2) is 0 Å². The third kappa shape index (κ3) is 15.9. The van der Waals surface area contributed by atoms with E-state index in [9.17, 15) is 0 Å². The largest absolute Gasteiger partial charge is 0.494 e. The number of benzene rings is 2. The Kier molecular flexibility index (Phi) is 18.8. The van der Waals surface area contributed by atoms with Crippen molar-refractivity contribution in [1.82, 2.24) is 0 Å². The lowest BCUT2D eigenvalue weighted by Gasteiger charge is -2.08. The van der Waals surface area contributed by atoms with E-state index in [4.69, 9.17) is 14.2 Å². The molecule has 2 aromatic carbocycles. The third-order valence-corrected chi connectivity index (χ3v) is 6.99. The van der Waals surface area contributed by atoms with E-state index in [1.54, 1.807) is 0 Å². The van der Waals surface area contributed by atoms with E-state index in [1.165, 1.54) is 107 Å². The van der Waals surface area contributed by atoms with Crippen LogP contribution in [0.15, 0.2) is 48.5 Å². The quantitative estimate of drug-likeness (QED) is 0.132. The smallest absolute Gasteiger partial charge is 0.119 e.